The predicted octanol–water partition coefficient (Wildman–Crippen LogP) is 16.1. The zero-order valence-corrected chi connectivity index (χ0v) is 33.0. The van der Waals surface area contributed by atoms with Crippen LogP contribution in [0.5, 0.6) is 0 Å². The first-order valence-electron chi connectivity index (χ1n) is 20.6. The van der Waals surface area contributed by atoms with Crippen molar-refractivity contribution in [2.24, 2.45) is 0 Å². The number of para-hydroxylation sites is 2. The van der Waals surface area contributed by atoms with Gasteiger partial charge in [0.15, 0.2) is 0 Å². The molecule has 11 rings (SSSR count). The molecule has 0 N–H and O–H groups in total. The molecule has 0 saturated carbocycles. The second-order valence-electron chi connectivity index (χ2n) is 15.3. The van der Waals surface area contributed by atoms with Gasteiger partial charge in [0.25, 0.3) is 0 Å². The Hall–Kier alpha value is -7.94. The minimum Gasteiger partial charge on any atom is -0.310 e. The van der Waals surface area contributed by atoms with Crippen molar-refractivity contribution in [2.75, 3.05) is 4.90 Å². The Morgan fingerprint density at radius 2 is 0.750 bits per heavy atom. The van der Waals surface area contributed by atoms with Gasteiger partial charge in [-0.25, -0.2) is 0 Å². The van der Waals surface area contributed by atoms with Crippen molar-refractivity contribution in [3.05, 3.63) is 243 Å². The molecule has 0 bridgehead atoms. The summed E-state index contributed by atoms with van der Waals surface area (Å²) in [6.07, 6.45) is 0. The lowest BCUT2D eigenvalue weighted by atomic mass is 9.94. The highest BCUT2D eigenvalue weighted by Gasteiger charge is 2.25. The molecule has 2 nitrogen and oxygen atoms in total. The van der Waals surface area contributed by atoms with E-state index in [0.29, 0.717) is 0 Å². The van der Waals surface area contributed by atoms with Gasteiger partial charge in [0.1, 0.15) is 0 Å². The molecule has 1 aromatic heterocycles. The van der Waals surface area contributed by atoms with Crippen LogP contribution < -0.4 is 4.90 Å². The zero-order chi connectivity index (χ0) is 39.8. The first-order valence-corrected chi connectivity index (χ1v) is 20.6. The van der Waals surface area contributed by atoms with Gasteiger partial charge >= 0.3 is 0 Å². The number of fused-ring (bicyclic) bond motifs is 4. The summed E-state index contributed by atoms with van der Waals surface area (Å²) in [7, 11) is 0. The van der Waals surface area contributed by atoms with Gasteiger partial charge in [0.2, 0.25) is 0 Å². The van der Waals surface area contributed by atoms with E-state index < -0.39 is 0 Å². The summed E-state index contributed by atoms with van der Waals surface area (Å²) in [6.45, 7) is 0. The van der Waals surface area contributed by atoms with Crippen molar-refractivity contribution in [3.8, 4) is 50.2 Å². The number of benzene rings is 10. The van der Waals surface area contributed by atoms with Crippen LogP contribution in [0.15, 0.2) is 243 Å². The topological polar surface area (TPSA) is 8.17 Å². The number of nitrogens with zero attached hydrogens (tertiary/aromatic N) is 2. The van der Waals surface area contributed by atoms with Crippen molar-refractivity contribution in [3.63, 3.8) is 0 Å². The Morgan fingerprint density at radius 3 is 1.35 bits per heavy atom. The summed E-state index contributed by atoms with van der Waals surface area (Å²) in [4.78, 5) is 2.45. The van der Waals surface area contributed by atoms with Gasteiger partial charge in [-0.3, -0.25) is 0 Å². The Bertz CT molecular complexity index is 3220. The van der Waals surface area contributed by atoms with Crippen molar-refractivity contribution in [2.45, 2.75) is 0 Å². The monoisotopic (exact) mass is 764 g/mol. The third-order valence-electron chi connectivity index (χ3n) is 11.8. The van der Waals surface area contributed by atoms with Gasteiger partial charge in [-0.2, -0.15) is 0 Å². The summed E-state index contributed by atoms with van der Waals surface area (Å²) in [5.41, 5.74) is 16.1. The lowest BCUT2D eigenvalue weighted by molar-refractivity contribution is 1.17. The van der Waals surface area contributed by atoms with Crippen LogP contribution >= 0.6 is 0 Å². The minimum absolute atomic E-state index is 1.07. The first kappa shape index (κ1) is 35.2. The summed E-state index contributed by atoms with van der Waals surface area (Å²) in [5.74, 6) is 0. The van der Waals surface area contributed by atoms with E-state index in [1.807, 2.05) is 0 Å². The highest BCUT2D eigenvalue weighted by Crippen LogP contribution is 2.48. The van der Waals surface area contributed by atoms with Gasteiger partial charge in [-0.05, 0) is 98.2 Å². The first-order chi connectivity index (χ1) is 29.8. The molecular weight excluding hydrogens is 725 g/mol. The molecule has 10 aromatic carbocycles. The van der Waals surface area contributed by atoms with E-state index in [-0.39, 0.29) is 0 Å². The van der Waals surface area contributed by atoms with E-state index in [9.17, 15) is 0 Å². The van der Waals surface area contributed by atoms with Gasteiger partial charge < -0.3 is 9.47 Å². The largest absolute Gasteiger partial charge is 0.310 e. The summed E-state index contributed by atoms with van der Waals surface area (Å²) in [6, 6.07) is 88.1. The minimum atomic E-state index is 1.07. The van der Waals surface area contributed by atoms with E-state index >= 15 is 0 Å². The molecule has 1 heterocycles. The number of hydrogen-bond acceptors (Lipinski definition) is 1. The van der Waals surface area contributed by atoms with Crippen molar-refractivity contribution in [1.82, 2.24) is 4.57 Å². The number of rotatable bonds is 8. The number of aromatic nitrogens is 1. The highest BCUT2D eigenvalue weighted by atomic mass is 15.1. The van der Waals surface area contributed by atoms with Crippen LogP contribution in [0.1, 0.15) is 0 Å². The smallest absolute Gasteiger partial charge is 0.0567 e. The molecule has 0 radical (unpaired) electrons. The maximum absolute atomic E-state index is 2.48. The van der Waals surface area contributed by atoms with E-state index in [1.165, 1.54) is 54.8 Å². The van der Waals surface area contributed by atoms with Crippen LogP contribution in [-0.2, 0) is 0 Å². The second-order valence-corrected chi connectivity index (χ2v) is 15.3. The lowest BCUT2D eigenvalue weighted by Crippen LogP contribution is -2.13. The van der Waals surface area contributed by atoms with Crippen LogP contribution in [0, 0.1) is 0 Å². The van der Waals surface area contributed by atoms with E-state index in [2.05, 4.69) is 252 Å². The molecule has 0 aliphatic carbocycles. The molecule has 60 heavy (non-hydrogen) atoms. The Balaban J connectivity index is 1.21. The van der Waals surface area contributed by atoms with E-state index in [1.54, 1.807) is 0 Å². The molecule has 0 aliphatic heterocycles. The third kappa shape index (κ3) is 6.23. The maximum Gasteiger partial charge on any atom is 0.0567 e. The quantitative estimate of drug-likeness (QED) is 0.150. The molecule has 0 atom stereocenters. The molecule has 0 amide bonds. The van der Waals surface area contributed by atoms with Gasteiger partial charge in [0, 0.05) is 27.7 Å². The van der Waals surface area contributed by atoms with Crippen LogP contribution in [0.25, 0.3) is 82.8 Å². The Kier molecular flexibility index (Phi) is 8.87. The van der Waals surface area contributed by atoms with Gasteiger partial charge in [0.05, 0.1) is 22.4 Å². The number of hydrogen-bond donors (Lipinski definition) is 0. The molecule has 0 saturated heterocycles. The van der Waals surface area contributed by atoms with E-state index in [0.717, 1.165) is 45.0 Å². The van der Waals surface area contributed by atoms with Crippen LogP contribution in [0.4, 0.5) is 17.1 Å². The van der Waals surface area contributed by atoms with Crippen molar-refractivity contribution in [1.29, 1.82) is 0 Å². The van der Waals surface area contributed by atoms with Crippen molar-refractivity contribution >= 4 is 49.6 Å². The molecule has 2 heteroatoms. The van der Waals surface area contributed by atoms with Crippen LogP contribution in [-0.4, -0.2) is 4.57 Å². The third-order valence-corrected chi connectivity index (χ3v) is 11.8. The molecule has 0 spiro atoms. The standard InChI is InChI=1S/C58H40N2/c1-4-17-41(18-5-1)43-31-35-48(36-32-43)59(49-37-33-45(34-38-49)51-28-16-24-44-21-10-11-25-50(44)51)56-39-47(42-19-6-2-7-20-42)40-57(58(56)46-22-8-3-9-23-46)60-54-29-14-12-26-52(54)53-27-13-15-30-55(53)60/h1-40H. The maximum atomic E-state index is 2.48. The average molecular weight is 765 g/mol. The predicted molar refractivity (Wildman–Crippen MR) is 255 cm³/mol. The summed E-state index contributed by atoms with van der Waals surface area (Å²) >= 11 is 0. The second kappa shape index (κ2) is 15.1. The molecule has 282 valence electrons. The fourth-order valence-electron chi connectivity index (χ4n) is 8.97. The Labute approximate surface area is 350 Å². The number of anilines is 3. The highest BCUT2D eigenvalue weighted by molar-refractivity contribution is 6.10. The van der Waals surface area contributed by atoms with Gasteiger partial charge in [-0.1, -0.05) is 194 Å². The zero-order valence-electron chi connectivity index (χ0n) is 33.0. The SMILES string of the molecule is c1ccc(-c2ccc(N(c3ccc(-c4cccc5ccccc45)cc3)c3cc(-c4ccccc4)cc(-n4c5ccccc5c5ccccc54)c3-c3ccccc3)cc2)cc1. The molecule has 0 aliphatic rings. The lowest BCUT2D eigenvalue weighted by Gasteiger charge is -2.31. The fraction of sp³-hybridized carbons (Fsp3) is 0. The molecular formula is C58H40N2. The van der Waals surface area contributed by atoms with E-state index in [4.69, 9.17) is 0 Å². The molecule has 0 fully saturated rings. The van der Waals surface area contributed by atoms with Crippen LogP contribution in [0.2, 0.25) is 0 Å². The fourth-order valence-corrected chi connectivity index (χ4v) is 8.97. The molecule has 11 aromatic rings. The summed E-state index contributed by atoms with van der Waals surface area (Å²) in [5, 5.41) is 4.95. The Morgan fingerprint density at radius 1 is 0.300 bits per heavy atom. The summed E-state index contributed by atoms with van der Waals surface area (Å²) < 4.78 is 2.48. The van der Waals surface area contributed by atoms with Gasteiger partial charge in [-0.15, -0.1) is 0 Å². The van der Waals surface area contributed by atoms with Crippen LogP contribution in [0.3, 0.4) is 0 Å². The van der Waals surface area contributed by atoms with Crippen molar-refractivity contribution < 1.29 is 0 Å². The molecule has 0 unspecified atom stereocenters. The normalized spacial score (nSPS) is 11.3. The average Bonchev–Trinajstić information content (AvgIpc) is 3.67.